The van der Waals surface area contributed by atoms with Crippen LogP contribution in [0.25, 0.3) is 0 Å². The van der Waals surface area contributed by atoms with Crippen molar-refractivity contribution < 1.29 is 34.1 Å². The van der Waals surface area contributed by atoms with Gasteiger partial charge in [0.25, 0.3) is 0 Å². The lowest BCUT2D eigenvalue weighted by Gasteiger charge is -2.15. The number of hydrogen-bond acceptors (Lipinski definition) is 7. The van der Waals surface area contributed by atoms with Crippen molar-refractivity contribution in [2.75, 3.05) is 7.11 Å². The number of benzene rings is 1. The molecule has 0 aromatic heterocycles. The lowest BCUT2D eigenvalue weighted by atomic mass is 10.0. The molecule has 1 rings (SSSR count). The van der Waals surface area contributed by atoms with Gasteiger partial charge in [-0.2, -0.15) is 0 Å². The van der Waals surface area contributed by atoms with Crippen molar-refractivity contribution in [1.29, 1.82) is 0 Å². The molecule has 0 unspecified atom stereocenters. The topological polar surface area (TPSA) is 110 Å². The Morgan fingerprint density at radius 2 is 1.58 bits per heavy atom. The number of phenolic OH excluding ortho intramolecular Hbond substituents is 2. The number of allylic oxidation sites excluding steroid dienone is 4. The maximum Gasteiger partial charge on any atom is 0.310 e. The summed E-state index contributed by atoms with van der Waals surface area (Å²) in [7, 11) is 1.26. The van der Waals surface area contributed by atoms with E-state index in [-0.39, 0.29) is 23.7 Å². The fourth-order valence-electron chi connectivity index (χ4n) is 3.12. The zero-order valence-electron chi connectivity index (χ0n) is 20.2. The van der Waals surface area contributed by atoms with Gasteiger partial charge in [0.2, 0.25) is 0 Å². The lowest BCUT2D eigenvalue weighted by Crippen LogP contribution is -2.26. The summed E-state index contributed by atoms with van der Waals surface area (Å²) in [6.45, 7) is 8.60. The first-order chi connectivity index (χ1) is 15.4. The molecule has 7 nitrogen and oxygen atoms in total. The van der Waals surface area contributed by atoms with E-state index in [0.717, 1.165) is 11.1 Å². The second kappa shape index (κ2) is 13.3. The van der Waals surface area contributed by atoms with E-state index >= 15 is 0 Å². The number of ketones is 1. The van der Waals surface area contributed by atoms with Crippen LogP contribution in [-0.4, -0.2) is 41.1 Å². The molecular formula is C26H34O7. The van der Waals surface area contributed by atoms with Crippen LogP contribution in [0.4, 0.5) is 0 Å². The molecule has 2 N–H and O–H groups in total. The first-order valence-electron chi connectivity index (χ1n) is 10.7. The summed E-state index contributed by atoms with van der Waals surface area (Å²) >= 11 is 0. The molecule has 0 aliphatic carbocycles. The molecule has 0 fully saturated rings. The Morgan fingerprint density at radius 3 is 2.15 bits per heavy atom. The summed E-state index contributed by atoms with van der Waals surface area (Å²) in [5.41, 5.74) is 3.39. The fourth-order valence-corrected chi connectivity index (χ4v) is 3.12. The van der Waals surface area contributed by atoms with E-state index in [1.165, 1.54) is 32.2 Å². The van der Waals surface area contributed by atoms with Crippen LogP contribution in [0.15, 0.2) is 47.1 Å². The first kappa shape index (κ1) is 27.7. The Bertz CT molecular complexity index is 963. The van der Waals surface area contributed by atoms with Gasteiger partial charge in [-0.05, 0) is 70.7 Å². The molecule has 0 aliphatic heterocycles. The third-order valence-electron chi connectivity index (χ3n) is 4.90. The molecule has 0 saturated carbocycles. The number of esters is 2. The molecule has 0 spiro atoms. The van der Waals surface area contributed by atoms with Crippen molar-refractivity contribution in [3.63, 3.8) is 0 Å². The van der Waals surface area contributed by atoms with E-state index in [1.807, 2.05) is 19.1 Å². The highest BCUT2D eigenvalue weighted by Crippen LogP contribution is 2.29. The largest absolute Gasteiger partial charge is 0.508 e. The van der Waals surface area contributed by atoms with Crippen molar-refractivity contribution in [2.45, 2.75) is 66.4 Å². The SMILES string of the molecule is COC(=O)Cc1cc(O)c(C/C=C(\C)CC/C=C(\C)[C@H](OC(C)=O)C(=O)C=C(C)C)cc1O. The molecule has 7 heteroatoms. The Morgan fingerprint density at radius 1 is 0.970 bits per heavy atom. The molecule has 180 valence electrons. The Kier molecular flexibility index (Phi) is 11.1. The van der Waals surface area contributed by atoms with Gasteiger partial charge in [0.05, 0.1) is 13.5 Å². The van der Waals surface area contributed by atoms with Crippen LogP contribution in [0.3, 0.4) is 0 Å². The monoisotopic (exact) mass is 458 g/mol. The maximum absolute atomic E-state index is 12.4. The van der Waals surface area contributed by atoms with Gasteiger partial charge in [0.1, 0.15) is 11.5 Å². The molecule has 1 atom stereocenters. The molecule has 33 heavy (non-hydrogen) atoms. The van der Waals surface area contributed by atoms with Gasteiger partial charge in [-0.25, -0.2) is 0 Å². The van der Waals surface area contributed by atoms with Gasteiger partial charge >= 0.3 is 11.9 Å². The van der Waals surface area contributed by atoms with Crippen LogP contribution in [-0.2, 0) is 36.7 Å². The summed E-state index contributed by atoms with van der Waals surface area (Å²) in [5.74, 6) is -1.36. The van der Waals surface area contributed by atoms with E-state index in [2.05, 4.69) is 4.74 Å². The van der Waals surface area contributed by atoms with Gasteiger partial charge in [-0.3, -0.25) is 14.4 Å². The molecule has 1 aromatic carbocycles. The van der Waals surface area contributed by atoms with Crippen molar-refractivity contribution in [1.82, 2.24) is 0 Å². The van der Waals surface area contributed by atoms with Crippen LogP contribution < -0.4 is 0 Å². The number of phenols is 2. The molecule has 1 aromatic rings. The van der Waals surface area contributed by atoms with Crippen LogP contribution in [0.2, 0.25) is 0 Å². The highest BCUT2D eigenvalue weighted by atomic mass is 16.5. The summed E-state index contributed by atoms with van der Waals surface area (Å²) in [5, 5.41) is 20.4. The summed E-state index contributed by atoms with van der Waals surface area (Å²) in [4.78, 5) is 35.2. The van der Waals surface area contributed by atoms with Crippen molar-refractivity contribution >= 4 is 17.7 Å². The molecule has 0 saturated heterocycles. The standard InChI is InChI=1S/C26H34O7/c1-16(2)12-24(30)26(33-19(5)27)18(4)9-7-8-17(3)10-11-20-13-23(29)21(14-22(20)28)15-25(31)32-6/h9-10,12-14,26,28-29H,7-8,11,15H2,1-6H3/b17-10+,18-9+/t26-/m0/s1. The zero-order chi connectivity index (χ0) is 25.1. The molecule has 0 amide bonds. The highest BCUT2D eigenvalue weighted by Gasteiger charge is 2.21. The molecular weight excluding hydrogens is 424 g/mol. The highest BCUT2D eigenvalue weighted by molar-refractivity contribution is 5.97. The van der Waals surface area contributed by atoms with E-state index in [0.29, 0.717) is 36.0 Å². The van der Waals surface area contributed by atoms with Gasteiger partial charge in [-0.1, -0.05) is 23.3 Å². The van der Waals surface area contributed by atoms with Crippen LogP contribution >= 0.6 is 0 Å². The average molecular weight is 459 g/mol. The predicted octanol–water partition coefficient (Wildman–Crippen LogP) is 4.50. The normalized spacial score (nSPS) is 12.7. The number of aromatic hydroxyl groups is 2. The van der Waals surface area contributed by atoms with Gasteiger partial charge < -0.3 is 19.7 Å². The molecule has 0 bridgehead atoms. The Labute approximate surface area is 195 Å². The van der Waals surface area contributed by atoms with E-state index in [1.54, 1.807) is 20.8 Å². The number of methoxy groups -OCH3 is 1. The van der Waals surface area contributed by atoms with Crippen molar-refractivity contribution in [3.8, 4) is 11.5 Å². The minimum absolute atomic E-state index is 0.00602. The van der Waals surface area contributed by atoms with Crippen LogP contribution in [0, 0.1) is 0 Å². The van der Waals surface area contributed by atoms with E-state index < -0.39 is 18.0 Å². The third kappa shape index (κ3) is 9.76. The Hall–Kier alpha value is -3.35. The fraction of sp³-hybridized carbons (Fsp3) is 0.423. The van der Waals surface area contributed by atoms with Gasteiger partial charge in [-0.15, -0.1) is 0 Å². The lowest BCUT2D eigenvalue weighted by molar-refractivity contribution is -0.149. The Balaban J connectivity index is 2.81. The van der Waals surface area contributed by atoms with E-state index in [4.69, 9.17) is 4.74 Å². The average Bonchev–Trinajstić information content (AvgIpc) is 2.72. The van der Waals surface area contributed by atoms with Gasteiger partial charge in [0.15, 0.2) is 11.9 Å². The molecule has 0 aliphatic rings. The summed E-state index contributed by atoms with van der Waals surface area (Å²) in [6, 6.07) is 2.81. The van der Waals surface area contributed by atoms with Crippen molar-refractivity contribution in [2.24, 2.45) is 0 Å². The minimum atomic E-state index is -0.926. The summed E-state index contributed by atoms with van der Waals surface area (Å²) < 4.78 is 9.79. The molecule has 0 radical (unpaired) electrons. The number of carbonyl (C=O) groups is 3. The quantitative estimate of drug-likeness (QED) is 0.217. The zero-order valence-corrected chi connectivity index (χ0v) is 20.2. The number of carbonyl (C=O) groups excluding carboxylic acids is 3. The second-order valence-electron chi connectivity index (χ2n) is 8.22. The van der Waals surface area contributed by atoms with E-state index in [9.17, 15) is 24.6 Å². The first-order valence-corrected chi connectivity index (χ1v) is 10.7. The maximum atomic E-state index is 12.4. The number of rotatable bonds is 11. The number of ether oxygens (including phenoxy) is 2. The second-order valence-corrected chi connectivity index (χ2v) is 8.22. The van der Waals surface area contributed by atoms with Crippen LogP contribution in [0.1, 0.15) is 58.6 Å². The number of hydrogen-bond donors (Lipinski definition) is 2. The minimum Gasteiger partial charge on any atom is -0.508 e. The smallest absolute Gasteiger partial charge is 0.310 e. The summed E-state index contributed by atoms with van der Waals surface area (Å²) in [6.07, 6.45) is 5.99. The van der Waals surface area contributed by atoms with Crippen LogP contribution in [0.5, 0.6) is 11.5 Å². The van der Waals surface area contributed by atoms with Crippen molar-refractivity contribution in [3.05, 3.63) is 58.2 Å². The molecule has 0 heterocycles. The third-order valence-corrected chi connectivity index (χ3v) is 4.90. The predicted molar refractivity (Wildman–Crippen MR) is 126 cm³/mol. The van der Waals surface area contributed by atoms with Gasteiger partial charge in [0, 0.05) is 18.1 Å².